The van der Waals surface area contributed by atoms with Gasteiger partial charge in [-0.25, -0.2) is 4.79 Å². The first-order valence-electron chi connectivity index (χ1n) is 16.9. The van der Waals surface area contributed by atoms with Gasteiger partial charge in [-0.3, -0.25) is 33.6 Å². The quantitative estimate of drug-likeness (QED) is 0.0691. The van der Waals surface area contributed by atoms with Gasteiger partial charge in [0.2, 0.25) is 29.4 Å². The molecular formula is C36H47N7O10. The number of amides is 5. The lowest BCUT2D eigenvalue weighted by atomic mass is 9.99. The molecule has 0 aliphatic carbocycles. The van der Waals surface area contributed by atoms with Crippen LogP contribution in [0.1, 0.15) is 63.5 Å². The summed E-state index contributed by atoms with van der Waals surface area (Å²) in [5.74, 6) is -5.17. The number of benzene rings is 2. The number of rotatable bonds is 18. The zero-order valence-electron chi connectivity index (χ0n) is 30.2. The normalized spacial score (nSPS) is 13.0. The molecule has 1 aromatic heterocycles. The molecule has 0 unspecified atom stereocenters. The molecule has 5 amide bonds. The van der Waals surface area contributed by atoms with Crippen molar-refractivity contribution in [3.05, 3.63) is 65.9 Å². The Kier molecular flexibility index (Phi) is 15.0. The van der Waals surface area contributed by atoms with Crippen LogP contribution >= 0.6 is 0 Å². The number of para-hydroxylation sites is 2. The molecule has 0 aliphatic heterocycles. The number of aliphatic carboxylic acids is 1. The second-order valence-corrected chi connectivity index (χ2v) is 13.6. The first-order valence-corrected chi connectivity index (χ1v) is 16.9. The molecule has 0 saturated heterocycles. The van der Waals surface area contributed by atoms with Crippen LogP contribution in [0.4, 0.5) is 10.5 Å². The number of nitrogens with one attached hydrogen (secondary N) is 6. The molecule has 1 heterocycles. The maximum absolute atomic E-state index is 13.5. The molecule has 0 radical (unpaired) electrons. The first kappa shape index (κ1) is 41.6. The molecule has 0 spiro atoms. The van der Waals surface area contributed by atoms with Gasteiger partial charge in [-0.1, -0.05) is 50.2 Å². The minimum absolute atomic E-state index is 0.0943. The third kappa shape index (κ3) is 13.7. The third-order valence-corrected chi connectivity index (χ3v) is 7.44. The zero-order chi connectivity index (χ0) is 39.3. The number of anilines is 1. The number of carbonyl (C=O) groups excluding carboxylic acids is 6. The molecule has 53 heavy (non-hydrogen) atoms. The summed E-state index contributed by atoms with van der Waals surface area (Å²) in [6.45, 7) is 7.52. The summed E-state index contributed by atoms with van der Waals surface area (Å²) >= 11 is 0. The largest absolute Gasteiger partial charge is 0.481 e. The number of Topliss-reactive ketones (excluding diaryl/α,β-unsaturated/α-hetero) is 1. The van der Waals surface area contributed by atoms with Crippen molar-refractivity contribution in [1.29, 1.82) is 0 Å². The molecular weight excluding hydrogens is 690 g/mol. The number of ether oxygens (including phenoxy) is 1. The summed E-state index contributed by atoms with van der Waals surface area (Å²) in [7, 11) is 0. The number of fused-ring (bicyclic) bond motifs is 1. The number of H-pyrrole nitrogens is 1. The lowest BCUT2D eigenvalue weighted by Gasteiger charge is -2.24. The standard InChI is InChI=1S/C36H47N7O10/c1-20(2)15-26(34(50)42-27(17-30(46)47)33(49)38-18-29(45)39-21-11-7-6-8-12-21)41-32(48)24(37)16-23-22-13-9-10-14-25(22)40-31(23)28(44)19-52-43-35(51)53-36(3,4)5/h6-14,20,24,26-27,40H,15-19,37H2,1-5H3,(H,38,49)(H,39,45)(H,41,48)(H,42,50)(H,43,51)(H,46,47)/t24-,26-,27-/m0/s1. The highest BCUT2D eigenvalue weighted by molar-refractivity contribution is 6.03. The van der Waals surface area contributed by atoms with Crippen LogP contribution in [-0.2, 0) is 40.0 Å². The van der Waals surface area contributed by atoms with Gasteiger partial charge in [-0.05, 0) is 63.3 Å². The van der Waals surface area contributed by atoms with Crippen molar-refractivity contribution in [2.75, 3.05) is 18.5 Å². The van der Waals surface area contributed by atoms with Gasteiger partial charge in [0.25, 0.3) is 0 Å². The molecule has 3 rings (SSSR count). The van der Waals surface area contributed by atoms with Crippen LogP contribution in [0.3, 0.4) is 0 Å². The SMILES string of the molecule is CC(C)C[C@H](NC(=O)[C@@H](N)Cc1c(C(=O)CONC(=O)OC(C)(C)C)[nH]c2ccccc12)C(=O)N[C@@H](CC(=O)O)C(=O)NCC(=O)Nc1ccccc1. The van der Waals surface area contributed by atoms with Crippen LogP contribution in [0.2, 0.25) is 0 Å². The summed E-state index contributed by atoms with van der Waals surface area (Å²) in [6.07, 6.45) is -1.73. The molecule has 0 aliphatic rings. The van der Waals surface area contributed by atoms with Crippen LogP contribution < -0.4 is 32.5 Å². The van der Waals surface area contributed by atoms with Crippen LogP contribution in [0.5, 0.6) is 0 Å². The van der Waals surface area contributed by atoms with Gasteiger partial charge in [0, 0.05) is 16.6 Å². The van der Waals surface area contributed by atoms with E-state index in [0.29, 0.717) is 22.2 Å². The zero-order valence-corrected chi connectivity index (χ0v) is 30.2. The minimum atomic E-state index is -1.57. The maximum Gasteiger partial charge on any atom is 0.431 e. The number of ketones is 1. The minimum Gasteiger partial charge on any atom is -0.481 e. The Morgan fingerprint density at radius 3 is 2.15 bits per heavy atom. The Morgan fingerprint density at radius 2 is 1.51 bits per heavy atom. The molecule has 0 saturated carbocycles. The van der Waals surface area contributed by atoms with Crippen molar-refractivity contribution < 1.29 is 48.2 Å². The fraction of sp³-hybridized carbons (Fsp3) is 0.417. The number of carboxylic acid groups (broad SMARTS) is 1. The third-order valence-electron chi connectivity index (χ3n) is 7.44. The highest BCUT2D eigenvalue weighted by Crippen LogP contribution is 2.24. The van der Waals surface area contributed by atoms with Gasteiger partial charge < -0.3 is 41.8 Å². The molecule has 9 N–H and O–H groups in total. The predicted molar refractivity (Wildman–Crippen MR) is 193 cm³/mol. The van der Waals surface area contributed by atoms with Crippen molar-refractivity contribution in [1.82, 2.24) is 26.4 Å². The predicted octanol–water partition coefficient (Wildman–Crippen LogP) is 1.92. The summed E-state index contributed by atoms with van der Waals surface area (Å²) in [5, 5.41) is 19.9. The van der Waals surface area contributed by atoms with Crippen LogP contribution in [0, 0.1) is 5.92 Å². The van der Waals surface area contributed by atoms with E-state index in [4.69, 9.17) is 15.3 Å². The topological polar surface area (TPSA) is 260 Å². The molecule has 3 atom stereocenters. The van der Waals surface area contributed by atoms with Gasteiger partial charge >= 0.3 is 12.1 Å². The molecule has 0 bridgehead atoms. The van der Waals surface area contributed by atoms with E-state index in [1.165, 1.54) is 0 Å². The number of aromatic nitrogens is 1. The fourth-order valence-electron chi connectivity index (χ4n) is 5.15. The molecule has 3 aromatic rings. The molecule has 17 heteroatoms. The van der Waals surface area contributed by atoms with E-state index in [-0.39, 0.29) is 24.5 Å². The Bertz CT molecular complexity index is 1790. The van der Waals surface area contributed by atoms with Crippen molar-refractivity contribution in [2.24, 2.45) is 11.7 Å². The second kappa shape index (κ2) is 19.1. The van der Waals surface area contributed by atoms with E-state index >= 15 is 0 Å². The number of hydrogen-bond acceptors (Lipinski definition) is 10. The van der Waals surface area contributed by atoms with Crippen molar-refractivity contribution >= 4 is 58.1 Å². The summed E-state index contributed by atoms with van der Waals surface area (Å²) in [6, 6.07) is 11.3. The van der Waals surface area contributed by atoms with Crippen LogP contribution in [0.15, 0.2) is 54.6 Å². The van der Waals surface area contributed by atoms with Gasteiger partial charge in [-0.2, -0.15) is 5.48 Å². The number of hydroxylamine groups is 1. The first-order chi connectivity index (χ1) is 24.9. The lowest BCUT2D eigenvalue weighted by Crippen LogP contribution is -2.57. The Labute approximate surface area is 306 Å². The van der Waals surface area contributed by atoms with Gasteiger partial charge in [0.05, 0.1) is 24.7 Å². The van der Waals surface area contributed by atoms with Gasteiger partial charge in [-0.15, -0.1) is 0 Å². The lowest BCUT2D eigenvalue weighted by molar-refractivity contribution is -0.141. The smallest absolute Gasteiger partial charge is 0.431 e. The van der Waals surface area contributed by atoms with Crippen molar-refractivity contribution in [3.63, 3.8) is 0 Å². The average molecular weight is 738 g/mol. The Morgan fingerprint density at radius 1 is 0.868 bits per heavy atom. The summed E-state index contributed by atoms with van der Waals surface area (Å²) in [4.78, 5) is 97.0. The number of nitrogens with two attached hydrogens (primary N) is 1. The number of aromatic amines is 1. The van der Waals surface area contributed by atoms with E-state index in [2.05, 4.69) is 31.7 Å². The molecule has 0 fully saturated rings. The highest BCUT2D eigenvalue weighted by atomic mass is 16.7. The van der Waals surface area contributed by atoms with Crippen LogP contribution in [-0.4, -0.2) is 88.4 Å². The summed E-state index contributed by atoms with van der Waals surface area (Å²) < 4.78 is 5.09. The Hall–Kier alpha value is -5.81. The van der Waals surface area contributed by atoms with E-state index in [9.17, 15) is 38.7 Å². The average Bonchev–Trinajstić information content (AvgIpc) is 3.43. The monoisotopic (exact) mass is 737 g/mol. The van der Waals surface area contributed by atoms with Crippen molar-refractivity contribution in [3.8, 4) is 0 Å². The van der Waals surface area contributed by atoms with Gasteiger partial charge in [0.1, 0.15) is 24.3 Å². The van der Waals surface area contributed by atoms with E-state index in [1.807, 2.05) is 0 Å². The summed E-state index contributed by atoms with van der Waals surface area (Å²) in [5.41, 5.74) is 9.16. The number of carboxylic acids is 1. The molecule has 17 nitrogen and oxygen atoms in total. The van der Waals surface area contributed by atoms with E-state index in [0.717, 1.165) is 0 Å². The Balaban J connectivity index is 1.69. The number of hydrogen-bond donors (Lipinski definition) is 8. The fourth-order valence-corrected chi connectivity index (χ4v) is 5.15. The van der Waals surface area contributed by atoms with Crippen LogP contribution in [0.25, 0.3) is 10.9 Å². The van der Waals surface area contributed by atoms with Crippen molar-refractivity contribution in [2.45, 2.75) is 77.6 Å². The second-order valence-electron chi connectivity index (χ2n) is 13.6. The van der Waals surface area contributed by atoms with E-state index in [1.54, 1.807) is 89.2 Å². The van der Waals surface area contributed by atoms with Gasteiger partial charge in [0.15, 0.2) is 0 Å². The number of carbonyl (C=O) groups is 7. The molecule has 2 aromatic carbocycles. The maximum atomic E-state index is 13.5. The van der Waals surface area contributed by atoms with E-state index < -0.39 is 84.8 Å². The molecule has 286 valence electrons. The highest BCUT2D eigenvalue weighted by Gasteiger charge is 2.31.